The third-order valence-corrected chi connectivity index (χ3v) is 5.34. The second kappa shape index (κ2) is 5.22. The fourth-order valence-corrected chi connectivity index (χ4v) is 3.86. The summed E-state index contributed by atoms with van der Waals surface area (Å²) >= 11 is 1.58. The second-order valence-corrected chi connectivity index (χ2v) is 7.69. The van der Waals surface area contributed by atoms with E-state index in [1.54, 1.807) is 11.3 Å². The van der Waals surface area contributed by atoms with Crippen molar-refractivity contribution in [3.8, 4) is 0 Å². The Kier molecular flexibility index (Phi) is 3.52. The number of thiophene rings is 1. The summed E-state index contributed by atoms with van der Waals surface area (Å²) in [5, 5.41) is 15.9. The van der Waals surface area contributed by atoms with Crippen molar-refractivity contribution in [1.29, 1.82) is 0 Å². The van der Waals surface area contributed by atoms with Crippen molar-refractivity contribution >= 4 is 23.2 Å². The molecule has 1 unspecified atom stereocenters. The summed E-state index contributed by atoms with van der Waals surface area (Å²) in [5.74, 6) is 0.717. The summed E-state index contributed by atoms with van der Waals surface area (Å²) in [6.45, 7) is 6.87. The molecule has 7 heteroatoms. The van der Waals surface area contributed by atoms with E-state index in [9.17, 15) is 4.79 Å². The van der Waals surface area contributed by atoms with Crippen LogP contribution in [-0.2, 0) is 12.8 Å². The monoisotopic (exact) mass is 305 g/mol. The first kappa shape index (κ1) is 14.2. The summed E-state index contributed by atoms with van der Waals surface area (Å²) < 4.78 is 0. The molecule has 3 rings (SSSR count). The maximum atomic E-state index is 12.2. The van der Waals surface area contributed by atoms with Gasteiger partial charge in [0.25, 0.3) is 11.9 Å². The van der Waals surface area contributed by atoms with Crippen molar-refractivity contribution in [3.05, 3.63) is 21.4 Å². The molecule has 2 aromatic heterocycles. The number of carbonyl (C=O) groups excluding carboxylic acids is 1. The van der Waals surface area contributed by atoms with Gasteiger partial charge in [0, 0.05) is 4.88 Å². The molecule has 0 spiro atoms. The lowest BCUT2D eigenvalue weighted by Crippen LogP contribution is -2.26. The Morgan fingerprint density at radius 1 is 1.48 bits per heavy atom. The number of amides is 1. The van der Waals surface area contributed by atoms with Crippen LogP contribution in [0.4, 0.5) is 5.95 Å². The number of aromatic nitrogens is 4. The van der Waals surface area contributed by atoms with Crippen molar-refractivity contribution in [1.82, 2.24) is 20.6 Å². The smallest absolute Gasteiger partial charge is 0.270 e. The number of H-pyrrole nitrogens is 1. The van der Waals surface area contributed by atoms with Crippen LogP contribution in [0.2, 0.25) is 0 Å². The lowest BCUT2D eigenvalue weighted by Gasteiger charge is -2.33. The van der Waals surface area contributed by atoms with Gasteiger partial charge < -0.3 is 0 Å². The van der Waals surface area contributed by atoms with Crippen LogP contribution in [-0.4, -0.2) is 26.5 Å². The number of nitrogens with one attached hydrogen (secondary N) is 2. The van der Waals surface area contributed by atoms with Crippen LogP contribution in [0.25, 0.3) is 0 Å². The van der Waals surface area contributed by atoms with Crippen molar-refractivity contribution in [2.45, 2.75) is 40.0 Å². The number of aryl methyl sites for hydroxylation is 1. The normalized spacial score (nSPS) is 18.3. The summed E-state index contributed by atoms with van der Waals surface area (Å²) in [5.41, 5.74) is 1.64. The van der Waals surface area contributed by atoms with Gasteiger partial charge in [-0.05, 0) is 47.4 Å². The largest absolute Gasteiger partial charge is 0.287 e. The van der Waals surface area contributed by atoms with Crippen LogP contribution in [0.5, 0.6) is 0 Å². The highest BCUT2D eigenvalue weighted by molar-refractivity contribution is 7.14. The molecule has 0 saturated carbocycles. The van der Waals surface area contributed by atoms with Crippen molar-refractivity contribution in [2.75, 3.05) is 5.32 Å². The quantitative estimate of drug-likeness (QED) is 0.893. The van der Waals surface area contributed by atoms with Gasteiger partial charge in [0.05, 0.1) is 4.88 Å². The predicted octanol–water partition coefficient (Wildman–Crippen LogP) is 2.66. The molecule has 2 N–H and O–H groups in total. The predicted molar refractivity (Wildman–Crippen MR) is 81.4 cm³/mol. The maximum absolute atomic E-state index is 12.2. The molecule has 1 amide bonds. The molecule has 0 radical (unpaired) electrons. The third-order valence-electron chi connectivity index (χ3n) is 4.10. The molecule has 1 atom stereocenters. The number of nitrogens with zero attached hydrogens (tertiary/aromatic N) is 3. The maximum Gasteiger partial charge on any atom is 0.270 e. The number of tetrazole rings is 1. The molecule has 0 saturated heterocycles. The van der Waals surface area contributed by atoms with Crippen LogP contribution >= 0.6 is 11.3 Å². The zero-order valence-electron chi connectivity index (χ0n) is 12.4. The molecule has 2 heterocycles. The number of hydrogen-bond acceptors (Lipinski definition) is 5. The Hall–Kier alpha value is -1.76. The molecule has 112 valence electrons. The highest BCUT2D eigenvalue weighted by atomic mass is 32.1. The van der Waals surface area contributed by atoms with E-state index in [2.05, 4.69) is 46.7 Å². The van der Waals surface area contributed by atoms with Gasteiger partial charge in [-0.3, -0.25) is 10.1 Å². The number of fused-ring (bicyclic) bond motifs is 1. The summed E-state index contributed by atoms with van der Waals surface area (Å²) in [6.07, 6.45) is 3.32. The zero-order valence-corrected chi connectivity index (χ0v) is 13.3. The number of anilines is 1. The minimum atomic E-state index is -0.164. The number of rotatable bonds is 2. The molecular formula is C14H19N5OS. The summed E-state index contributed by atoms with van der Waals surface area (Å²) in [7, 11) is 0. The van der Waals surface area contributed by atoms with Crippen molar-refractivity contribution in [3.63, 3.8) is 0 Å². The number of hydrogen-bond donors (Lipinski definition) is 2. The van der Waals surface area contributed by atoms with E-state index in [1.165, 1.54) is 16.9 Å². The van der Waals surface area contributed by atoms with Gasteiger partial charge in [0.2, 0.25) is 0 Å². The van der Waals surface area contributed by atoms with E-state index in [0.717, 1.165) is 17.7 Å². The van der Waals surface area contributed by atoms with E-state index in [-0.39, 0.29) is 11.9 Å². The van der Waals surface area contributed by atoms with E-state index < -0.39 is 0 Å². The highest BCUT2D eigenvalue weighted by Crippen LogP contribution is 2.40. The number of aromatic amines is 1. The standard InChI is InChI=1S/C14H19N5OS/c1-14(2,3)9-4-5-10-8(6-9)7-11(21-10)12(20)15-13-16-18-19-17-13/h7,9H,4-6H2,1-3H3,(H2,15,16,17,18,19,20). The molecule has 1 aliphatic rings. The molecule has 2 aromatic rings. The van der Waals surface area contributed by atoms with Gasteiger partial charge in [0.1, 0.15) is 0 Å². The second-order valence-electron chi connectivity index (χ2n) is 6.55. The zero-order chi connectivity index (χ0) is 15.0. The van der Waals surface area contributed by atoms with E-state index in [4.69, 9.17) is 0 Å². The van der Waals surface area contributed by atoms with Gasteiger partial charge in [-0.1, -0.05) is 25.9 Å². The Bertz CT molecular complexity index is 641. The van der Waals surface area contributed by atoms with Crippen LogP contribution in [0.1, 0.15) is 47.3 Å². The van der Waals surface area contributed by atoms with E-state index >= 15 is 0 Å². The molecule has 21 heavy (non-hydrogen) atoms. The molecule has 0 aliphatic heterocycles. The van der Waals surface area contributed by atoms with Crippen LogP contribution in [0.3, 0.4) is 0 Å². The lowest BCUT2D eigenvalue weighted by molar-refractivity contribution is 0.102. The Morgan fingerprint density at radius 3 is 2.95 bits per heavy atom. The Morgan fingerprint density at radius 2 is 2.29 bits per heavy atom. The van der Waals surface area contributed by atoms with Gasteiger partial charge in [0.15, 0.2) is 0 Å². The first-order valence-electron chi connectivity index (χ1n) is 7.10. The molecule has 0 bridgehead atoms. The van der Waals surface area contributed by atoms with E-state index in [1.807, 2.05) is 6.07 Å². The topological polar surface area (TPSA) is 83.6 Å². The van der Waals surface area contributed by atoms with Gasteiger partial charge in [-0.15, -0.1) is 16.4 Å². The third kappa shape index (κ3) is 2.97. The minimum Gasteiger partial charge on any atom is -0.287 e. The molecule has 1 aliphatic carbocycles. The van der Waals surface area contributed by atoms with E-state index in [0.29, 0.717) is 11.3 Å². The Balaban J connectivity index is 1.76. The van der Waals surface area contributed by atoms with Gasteiger partial charge >= 0.3 is 0 Å². The van der Waals surface area contributed by atoms with Crippen molar-refractivity contribution < 1.29 is 4.79 Å². The first-order chi connectivity index (χ1) is 9.93. The fraction of sp³-hybridized carbons (Fsp3) is 0.571. The van der Waals surface area contributed by atoms with Gasteiger partial charge in [-0.2, -0.15) is 5.21 Å². The van der Waals surface area contributed by atoms with Crippen LogP contribution in [0, 0.1) is 11.3 Å². The number of carbonyl (C=O) groups is 1. The van der Waals surface area contributed by atoms with Gasteiger partial charge in [-0.25, -0.2) is 0 Å². The average molecular weight is 305 g/mol. The molecule has 0 fully saturated rings. The summed E-state index contributed by atoms with van der Waals surface area (Å²) in [4.78, 5) is 14.2. The van der Waals surface area contributed by atoms with Crippen molar-refractivity contribution in [2.24, 2.45) is 11.3 Å². The van der Waals surface area contributed by atoms with Crippen LogP contribution < -0.4 is 5.32 Å². The molecule has 6 nitrogen and oxygen atoms in total. The highest BCUT2D eigenvalue weighted by Gasteiger charge is 2.30. The minimum absolute atomic E-state index is 0.164. The fourth-order valence-electron chi connectivity index (χ4n) is 2.75. The molecular weight excluding hydrogens is 286 g/mol. The first-order valence-corrected chi connectivity index (χ1v) is 7.91. The average Bonchev–Trinajstić information content (AvgIpc) is 3.04. The lowest BCUT2D eigenvalue weighted by atomic mass is 9.72. The van der Waals surface area contributed by atoms with Crippen LogP contribution in [0.15, 0.2) is 6.07 Å². The SMILES string of the molecule is CC(C)(C)C1CCc2sc(C(=O)Nc3nn[nH]n3)cc2C1. The Labute approximate surface area is 127 Å². The molecule has 0 aromatic carbocycles. The summed E-state index contributed by atoms with van der Waals surface area (Å²) in [6, 6.07) is 2.02.